The fourth-order valence-corrected chi connectivity index (χ4v) is 1.02. The topological polar surface area (TPSA) is 50.5 Å². The fraction of sp³-hybridized carbons (Fsp3) is 0.400. The maximum atomic E-state index is 4.16. The lowest BCUT2D eigenvalue weighted by atomic mass is 10.1. The van der Waals surface area contributed by atoms with Crippen molar-refractivity contribution in [1.29, 1.82) is 0 Å². The zero-order chi connectivity index (χ0) is 10.6. The average Bonchev–Trinajstić information content (AvgIpc) is 2.18. The van der Waals surface area contributed by atoms with E-state index in [-0.39, 0.29) is 0 Å². The Kier molecular flexibility index (Phi) is 3.45. The van der Waals surface area contributed by atoms with Gasteiger partial charge in [-0.3, -0.25) is 4.99 Å². The molecular weight excluding hydrogens is 176 g/mol. The zero-order valence-electron chi connectivity index (χ0n) is 8.73. The third-order valence-corrected chi connectivity index (χ3v) is 1.78. The van der Waals surface area contributed by atoms with Crippen molar-refractivity contribution in [3.8, 4) is 0 Å². The van der Waals surface area contributed by atoms with Crippen LogP contribution in [0.1, 0.15) is 32.4 Å². The molecule has 0 bridgehead atoms. The first-order valence-corrected chi connectivity index (χ1v) is 4.52. The van der Waals surface area contributed by atoms with Crippen LogP contribution in [0.4, 0.5) is 11.5 Å². The molecule has 0 N–H and O–H groups in total. The SMILES string of the molecule is C=Nc1nnc(C(C)C)cc1/N=C\C. The van der Waals surface area contributed by atoms with Gasteiger partial charge in [0.05, 0.1) is 5.69 Å². The Balaban J connectivity index is 3.20. The Morgan fingerprint density at radius 2 is 2.14 bits per heavy atom. The smallest absolute Gasteiger partial charge is 0.199 e. The minimum Gasteiger partial charge on any atom is -0.257 e. The Morgan fingerprint density at radius 3 is 2.64 bits per heavy atom. The van der Waals surface area contributed by atoms with E-state index in [0.29, 0.717) is 11.7 Å². The molecule has 0 radical (unpaired) electrons. The van der Waals surface area contributed by atoms with Crippen molar-refractivity contribution in [1.82, 2.24) is 10.2 Å². The number of hydrogen-bond acceptors (Lipinski definition) is 4. The molecule has 14 heavy (non-hydrogen) atoms. The Bertz CT molecular complexity index is 355. The van der Waals surface area contributed by atoms with Gasteiger partial charge in [0.2, 0.25) is 0 Å². The van der Waals surface area contributed by atoms with Gasteiger partial charge < -0.3 is 0 Å². The number of rotatable bonds is 3. The van der Waals surface area contributed by atoms with Gasteiger partial charge >= 0.3 is 0 Å². The monoisotopic (exact) mass is 190 g/mol. The number of nitrogens with zero attached hydrogens (tertiary/aromatic N) is 4. The van der Waals surface area contributed by atoms with Crippen LogP contribution in [-0.4, -0.2) is 23.1 Å². The van der Waals surface area contributed by atoms with Crippen molar-refractivity contribution < 1.29 is 0 Å². The summed E-state index contributed by atoms with van der Waals surface area (Å²) in [5.41, 5.74) is 1.64. The molecule has 0 aliphatic heterocycles. The van der Waals surface area contributed by atoms with Crippen LogP contribution in [0.15, 0.2) is 16.1 Å². The largest absolute Gasteiger partial charge is 0.257 e. The molecule has 0 unspecified atom stereocenters. The van der Waals surface area contributed by atoms with Crippen molar-refractivity contribution in [3.63, 3.8) is 0 Å². The second-order valence-corrected chi connectivity index (χ2v) is 3.18. The van der Waals surface area contributed by atoms with E-state index in [1.807, 2.05) is 13.0 Å². The van der Waals surface area contributed by atoms with Gasteiger partial charge in [0.25, 0.3) is 0 Å². The third kappa shape index (κ3) is 2.22. The van der Waals surface area contributed by atoms with E-state index in [2.05, 4.69) is 40.7 Å². The van der Waals surface area contributed by atoms with Gasteiger partial charge in [0.15, 0.2) is 5.82 Å². The molecule has 0 atom stereocenters. The van der Waals surface area contributed by atoms with Crippen LogP contribution >= 0.6 is 0 Å². The van der Waals surface area contributed by atoms with Crippen LogP contribution in [0.3, 0.4) is 0 Å². The standard InChI is InChI=1S/C10H14N4/c1-5-12-9-6-8(7(2)3)13-14-10(9)11-4/h5-7H,4H2,1-3H3/b12-5-. The highest BCUT2D eigenvalue weighted by Crippen LogP contribution is 2.26. The molecule has 0 aliphatic rings. The highest BCUT2D eigenvalue weighted by atomic mass is 15.2. The molecule has 4 nitrogen and oxygen atoms in total. The van der Waals surface area contributed by atoms with Crippen LogP contribution in [0.2, 0.25) is 0 Å². The predicted molar refractivity (Wildman–Crippen MR) is 59.2 cm³/mol. The lowest BCUT2D eigenvalue weighted by molar-refractivity contribution is 0.786. The van der Waals surface area contributed by atoms with Gasteiger partial charge in [-0.25, -0.2) is 4.99 Å². The van der Waals surface area contributed by atoms with Crippen LogP contribution < -0.4 is 0 Å². The summed E-state index contributed by atoms with van der Waals surface area (Å²) in [5.74, 6) is 0.819. The lowest BCUT2D eigenvalue weighted by Gasteiger charge is -2.04. The summed E-state index contributed by atoms with van der Waals surface area (Å²) < 4.78 is 0. The molecule has 74 valence electrons. The first kappa shape index (κ1) is 10.5. The summed E-state index contributed by atoms with van der Waals surface area (Å²) in [7, 11) is 0. The molecule has 0 fully saturated rings. The summed E-state index contributed by atoms with van der Waals surface area (Å²) in [6.07, 6.45) is 1.70. The minimum atomic E-state index is 0.340. The zero-order valence-corrected chi connectivity index (χ0v) is 8.73. The molecule has 0 amide bonds. The van der Waals surface area contributed by atoms with E-state index in [0.717, 1.165) is 11.4 Å². The van der Waals surface area contributed by atoms with Crippen molar-refractivity contribution in [2.45, 2.75) is 26.7 Å². The molecule has 0 aromatic carbocycles. The van der Waals surface area contributed by atoms with Gasteiger partial charge in [-0.2, -0.15) is 5.10 Å². The predicted octanol–water partition coefficient (Wildman–Crippen LogP) is 2.65. The molecule has 0 spiro atoms. The number of aromatic nitrogens is 2. The summed E-state index contributed by atoms with van der Waals surface area (Å²) in [6.45, 7) is 9.39. The van der Waals surface area contributed by atoms with Crippen LogP contribution in [0, 0.1) is 0 Å². The second kappa shape index (κ2) is 4.60. The van der Waals surface area contributed by atoms with Gasteiger partial charge in [-0.15, -0.1) is 5.10 Å². The maximum absolute atomic E-state index is 4.16. The van der Waals surface area contributed by atoms with E-state index in [9.17, 15) is 0 Å². The quantitative estimate of drug-likeness (QED) is 0.688. The Labute approximate surface area is 83.8 Å². The van der Waals surface area contributed by atoms with Crippen LogP contribution in [-0.2, 0) is 0 Å². The summed E-state index contributed by atoms with van der Waals surface area (Å²) in [5, 5.41) is 7.98. The number of aliphatic imine (C=N–C) groups is 2. The van der Waals surface area contributed by atoms with E-state index in [4.69, 9.17) is 0 Å². The molecular formula is C10H14N4. The van der Waals surface area contributed by atoms with Crippen molar-refractivity contribution in [2.75, 3.05) is 0 Å². The molecule has 4 heteroatoms. The van der Waals surface area contributed by atoms with Crippen molar-refractivity contribution in [2.24, 2.45) is 9.98 Å². The van der Waals surface area contributed by atoms with Gasteiger partial charge in [0, 0.05) is 6.21 Å². The van der Waals surface area contributed by atoms with Gasteiger partial charge in [-0.1, -0.05) is 13.8 Å². The fourth-order valence-electron chi connectivity index (χ4n) is 1.02. The minimum absolute atomic E-state index is 0.340. The first-order valence-electron chi connectivity index (χ1n) is 4.52. The Morgan fingerprint density at radius 1 is 1.43 bits per heavy atom. The highest BCUT2D eigenvalue weighted by Gasteiger charge is 2.06. The molecule has 1 aromatic heterocycles. The molecule has 1 rings (SSSR count). The molecule has 0 saturated carbocycles. The highest BCUT2D eigenvalue weighted by molar-refractivity contribution is 5.67. The first-order chi connectivity index (χ1) is 6.69. The van der Waals surface area contributed by atoms with Gasteiger partial charge in [0.1, 0.15) is 5.69 Å². The van der Waals surface area contributed by atoms with Crippen LogP contribution in [0.5, 0.6) is 0 Å². The average molecular weight is 190 g/mol. The van der Waals surface area contributed by atoms with Gasteiger partial charge in [-0.05, 0) is 25.6 Å². The summed E-state index contributed by atoms with van der Waals surface area (Å²) >= 11 is 0. The van der Waals surface area contributed by atoms with Crippen LogP contribution in [0.25, 0.3) is 0 Å². The van der Waals surface area contributed by atoms with Crippen molar-refractivity contribution in [3.05, 3.63) is 11.8 Å². The molecule has 1 aromatic rings. The van der Waals surface area contributed by atoms with E-state index in [1.165, 1.54) is 0 Å². The normalized spacial score (nSPS) is 11.1. The third-order valence-electron chi connectivity index (χ3n) is 1.78. The Hall–Kier alpha value is -1.58. The second-order valence-electron chi connectivity index (χ2n) is 3.18. The maximum Gasteiger partial charge on any atom is 0.199 e. The summed E-state index contributed by atoms with van der Waals surface area (Å²) in [4.78, 5) is 7.91. The number of hydrogen-bond donors (Lipinski definition) is 0. The van der Waals surface area contributed by atoms with E-state index < -0.39 is 0 Å². The summed E-state index contributed by atoms with van der Waals surface area (Å²) in [6, 6.07) is 1.89. The van der Waals surface area contributed by atoms with E-state index in [1.54, 1.807) is 6.21 Å². The molecule has 0 aliphatic carbocycles. The molecule has 1 heterocycles. The van der Waals surface area contributed by atoms with E-state index >= 15 is 0 Å². The van der Waals surface area contributed by atoms with Crippen molar-refractivity contribution >= 4 is 24.4 Å². The lowest BCUT2D eigenvalue weighted by Crippen LogP contribution is -1.94. The molecule has 0 saturated heterocycles.